The summed E-state index contributed by atoms with van der Waals surface area (Å²) < 4.78 is 10.4. The van der Waals surface area contributed by atoms with Crippen LogP contribution in [0.2, 0.25) is 0 Å². The molecule has 4 aromatic rings. The van der Waals surface area contributed by atoms with Crippen LogP contribution >= 0.6 is 23.5 Å². The molecular formula is C42H52O4S2. The van der Waals surface area contributed by atoms with E-state index in [9.17, 15) is 9.59 Å². The van der Waals surface area contributed by atoms with Crippen molar-refractivity contribution in [3.05, 3.63) is 95.1 Å². The zero-order valence-corrected chi connectivity index (χ0v) is 30.9. The van der Waals surface area contributed by atoms with Crippen molar-refractivity contribution in [1.29, 1.82) is 0 Å². The predicted octanol–water partition coefficient (Wildman–Crippen LogP) is 12.5. The van der Waals surface area contributed by atoms with E-state index in [-0.39, 0.29) is 11.9 Å². The lowest BCUT2D eigenvalue weighted by molar-refractivity contribution is 0.0587. The Kier molecular flexibility index (Phi) is 15.9. The molecule has 0 spiro atoms. The van der Waals surface area contributed by atoms with Gasteiger partial charge in [0.25, 0.3) is 0 Å². The highest BCUT2D eigenvalue weighted by atomic mass is 32.2. The zero-order chi connectivity index (χ0) is 34.1. The van der Waals surface area contributed by atoms with Crippen LogP contribution < -0.4 is 0 Å². The summed E-state index contributed by atoms with van der Waals surface area (Å²) in [5.74, 6) is -0.766. The molecule has 0 atom stereocenters. The predicted molar refractivity (Wildman–Crippen MR) is 202 cm³/mol. The van der Waals surface area contributed by atoms with Crippen molar-refractivity contribution in [3.8, 4) is 0 Å². The van der Waals surface area contributed by atoms with Crippen LogP contribution in [0, 0.1) is 0 Å². The SMILES string of the molecule is CCCCCCCCc1ccc(Sc2cc3cc(C(=O)OC)c(Sc4ccc(CCCCCCCC)cc4)cc3cc2C(=O)OC)cc1. The molecule has 0 heterocycles. The van der Waals surface area contributed by atoms with Crippen molar-refractivity contribution < 1.29 is 19.1 Å². The maximum absolute atomic E-state index is 13.0. The molecule has 0 unspecified atom stereocenters. The molecule has 0 aliphatic heterocycles. The number of hydrogen-bond acceptors (Lipinski definition) is 6. The third kappa shape index (κ3) is 11.4. The van der Waals surface area contributed by atoms with E-state index in [4.69, 9.17) is 9.47 Å². The Hall–Kier alpha value is -3.22. The number of methoxy groups -OCH3 is 2. The van der Waals surface area contributed by atoms with Crippen LogP contribution in [-0.2, 0) is 22.3 Å². The minimum atomic E-state index is -0.383. The van der Waals surface area contributed by atoms with Gasteiger partial charge in [-0.25, -0.2) is 9.59 Å². The first-order chi connectivity index (χ1) is 23.4. The highest BCUT2D eigenvalue weighted by molar-refractivity contribution is 7.99. The average Bonchev–Trinajstić information content (AvgIpc) is 3.11. The molecule has 0 fully saturated rings. The summed E-state index contributed by atoms with van der Waals surface area (Å²) in [5.41, 5.74) is 3.68. The molecule has 48 heavy (non-hydrogen) atoms. The van der Waals surface area contributed by atoms with E-state index in [1.54, 1.807) is 0 Å². The summed E-state index contributed by atoms with van der Waals surface area (Å²) >= 11 is 3.07. The molecule has 0 aliphatic rings. The van der Waals surface area contributed by atoms with Crippen LogP contribution in [0.3, 0.4) is 0 Å². The molecular weight excluding hydrogens is 633 g/mol. The number of fused-ring (bicyclic) bond motifs is 1. The lowest BCUT2D eigenvalue weighted by atomic mass is 10.0. The highest BCUT2D eigenvalue weighted by Gasteiger charge is 2.19. The van der Waals surface area contributed by atoms with Gasteiger partial charge in [-0.05, 0) is 96.1 Å². The molecule has 4 nitrogen and oxygen atoms in total. The van der Waals surface area contributed by atoms with Crippen molar-refractivity contribution in [2.75, 3.05) is 14.2 Å². The van der Waals surface area contributed by atoms with Crippen LogP contribution in [0.25, 0.3) is 10.8 Å². The van der Waals surface area contributed by atoms with Gasteiger partial charge in [0.1, 0.15) is 0 Å². The van der Waals surface area contributed by atoms with Gasteiger partial charge in [0.15, 0.2) is 0 Å². The standard InChI is InChI=1S/C42H52O4S2/c1-5-7-9-11-13-15-17-31-19-23-35(24-20-31)47-39-29-33-28-38(42(44)46-4)40(30-34(33)27-37(39)41(43)45-3)48-36-25-21-32(22-26-36)18-16-14-12-10-8-6-2/h19-30H,5-18H2,1-4H3. The van der Waals surface area contributed by atoms with Gasteiger partial charge in [-0.15, -0.1) is 0 Å². The Balaban J connectivity index is 1.52. The van der Waals surface area contributed by atoms with Crippen LogP contribution in [-0.4, -0.2) is 26.2 Å². The number of aryl methyl sites for hydroxylation is 2. The highest BCUT2D eigenvalue weighted by Crippen LogP contribution is 2.38. The van der Waals surface area contributed by atoms with Crippen molar-refractivity contribution in [2.45, 2.75) is 123 Å². The number of benzene rings is 4. The third-order valence-electron chi connectivity index (χ3n) is 8.79. The van der Waals surface area contributed by atoms with Crippen LogP contribution in [0.15, 0.2) is 92.4 Å². The molecule has 256 valence electrons. The molecule has 0 saturated heterocycles. The fourth-order valence-electron chi connectivity index (χ4n) is 5.94. The van der Waals surface area contributed by atoms with Gasteiger partial charge in [0.05, 0.1) is 25.3 Å². The minimum Gasteiger partial charge on any atom is -0.465 e. The lowest BCUT2D eigenvalue weighted by Crippen LogP contribution is -2.05. The number of carbonyl (C=O) groups excluding carboxylic acids is 2. The Morgan fingerprint density at radius 2 is 0.854 bits per heavy atom. The second kappa shape index (κ2) is 20.3. The lowest BCUT2D eigenvalue weighted by Gasteiger charge is -2.14. The molecule has 0 aromatic heterocycles. The van der Waals surface area contributed by atoms with Gasteiger partial charge in [-0.1, -0.05) is 126 Å². The van der Waals surface area contributed by atoms with E-state index in [0.29, 0.717) is 11.1 Å². The number of rotatable bonds is 20. The van der Waals surface area contributed by atoms with Crippen LogP contribution in [0.5, 0.6) is 0 Å². The van der Waals surface area contributed by atoms with Gasteiger partial charge in [0, 0.05) is 19.6 Å². The van der Waals surface area contributed by atoms with Crippen molar-refractivity contribution in [3.63, 3.8) is 0 Å². The maximum atomic E-state index is 13.0. The Labute approximate surface area is 296 Å². The minimum absolute atomic E-state index is 0.383. The second-order valence-electron chi connectivity index (χ2n) is 12.6. The van der Waals surface area contributed by atoms with E-state index in [1.165, 1.54) is 126 Å². The largest absolute Gasteiger partial charge is 0.465 e. The number of esters is 2. The molecule has 6 heteroatoms. The summed E-state index contributed by atoms with van der Waals surface area (Å²) in [4.78, 5) is 29.6. The van der Waals surface area contributed by atoms with E-state index < -0.39 is 0 Å². The fourth-order valence-corrected chi connectivity index (χ4v) is 7.87. The van der Waals surface area contributed by atoms with Gasteiger partial charge in [-0.3, -0.25) is 0 Å². The number of ether oxygens (including phenoxy) is 2. The third-order valence-corrected chi connectivity index (χ3v) is 10.9. The Bertz CT molecular complexity index is 1470. The van der Waals surface area contributed by atoms with Crippen molar-refractivity contribution in [2.24, 2.45) is 0 Å². The molecule has 4 aromatic carbocycles. The molecule has 0 amide bonds. The normalized spacial score (nSPS) is 11.2. The van der Waals surface area contributed by atoms with Crippen molar-refractivity contribution >= 4 is 46.2 Å². The molecule has 0 N–H and O–H groups in total. The average molecular weight is 685 g/mol. The van der Waals surface area contributed by atoms with Gasteiger partial charge in [-0.2, -0.15) is 0 Å². The zero-order valence-electron chi connectivity index (χ0n) is 29.3. The summed E-state index contributed by atoms with van der Waals surface area (Å²) in [6.45, 7) is 4.50. The second-order valence-corrected chi connectivity index (χ2v) is 14.8. The first kappa shape index (κ1) is 37.6. The summed E-state index contributed by atoms with van der Waals surface area (Å²) in [6, 6.07) is 25.0. The summed E-state index contributed by atoms with van der Waals surface area (Å²) in [5, 5.41) is 1.73. The van der Waals surface area contributed by atoms with E-state index in [1.807, 2.05) is 24.3 Å². The number of unbranched alkanes of at least 4 members (excludes halogenated alkanes) is 10. The van der Waals surface area contributed by atoms with E-state index >= 15 is 0 Å². The van der Waals surface area contributed by atoms with Gasteiger partial charge in [0.2, 0.25) is 0 Å². The van der Waals surface area contributed by atoms with Crippen molar-refractivity contribution in [1.82, 2.24) is 0 Å². The van der Waals surface area contributed by atoms with Crippen LogP contribution in [0.4, 0.5) is 0 Å². The summed E-state index contributed by atoms with van der Waals surface area (Å²) in [7, 11) is 2.82. The maximum Gasteiger partial charge on any atom is 0.339 e. The number of hydrogen-bond donors (Lipinski definition) is 0. The van der Waals surface area contributed by atoms with E-state index in [2.05, 4.69) is 62.4 Å². The molecule has 4 rings (SSSR count). The quantitative estimate of drug-likeness (QED) is 0.0682. The fraction of sp³-hybridized carbons (Fsp3) is 0.429. The smallest absolute Gasteiger partial charge is 0.339 e. The molecule has 0 saturated carbocycles. The Morgan fingerprint density at radius 1 is 0.500 bits per heavy atom. The van der Waals surface area contributed by atoms with Gasteiger partial charge < -0.3 is 9.47 Å². The molecule has 0 bridgehead atoms. The molecule has 0 radical (unpaired) electrons. The summed E-state index contributed by atoms with van der Waals surface area (Å²) in [6.07, 6.45) is 17.6. The van der Waals surface area contributed by atoms with Gasteiger partial charge >= 0.3 is 11.9 Å². The molecule has 0 aliphatic carbocycles. The first-order valence-electron chi connectivity index (χ1n) is 17.8. The number of carbonyl (C=O) groups is 2. The van der Waals surface area contributed by atoms with Crippen LogP contribution in [0.1, 0.15) is 123 Å². The topological polar surface area (TPSA) is 52.6 Å². The monoisotopic (exact) mass is 684 g/mol. The first-order valence-corrected chi connectivity index (χ1v) is 19.4. The van der Waals surface area contributed by atoms with E-state index in [0.717, 1.165) is 43.2 Å². The Morgan fingerprint density at radius 3 is 1.21 bits per heavy atom.